The second kappa shape index (κ2) is 10.4. The summed E-state index contributed by atoms with van der Waals surface area (Å²) in [6, 6.07) is 14.0. The second-order valence-electron chi connectivity index (χ2n) is 8.94. The van der Waals surface area contributed by atoms with Gasteiger partial charge in [-0.15, -0.1) is 0 Å². The first-order chi connectivity index (χ1) is 16.0. The second-order valence-corrected chi connectivity index (χ2v) is 9.92. The number of primary amides is 1. The summed E-state index contributed by atoms with van der Waals surface area (Å²) in [5, 5.41) is 14.0. The molecule has 0 bridgehead atoms. The predicted octanol–water partition coefficient (Wildman–Crippen LogP) is 4.18. The third kappa shape index (κ3) is 5.57. The van der Waals surface area contributed by atoms with E-state index in [9.17, 15) is 14.7 Å². The van der Waals surface area contributed by atoms with Crippen LogP contribution >= 0.6 is 11.3 Å². The summed E-state index contributed by atoms with van der Waals surface area (Å²) in [6.45, 7) is 0.816. The van der Waals surface area contributed by atoms with Crippen molar-refractivity contribution in [1.82, 2.24) is 10.3 Å². The predicted molar refractivity (Wildman–Crippen MR) is 131 cm³/mol. The van der Waals surface area contributed by atoms with Crippen molar-refractivity contribution in [3.05, 3.63) is 63.3 Å². The lowest BCUT2D eigenvalue weighted by molar-refractivity contribution is 0.118. The van der Waals surface area contributed by atoms with Crippen LogP contribution in [0, 0.1) is 0 Å². The molecule has 1 aromatic heterocycles. The molecule has 2 aromatic carbocycles. The van der Waals surface area contributed by atoms with Gasteiger partial charge in [-0.2, -0.15) is 0 Å². The molecular weight excluding hydrogens is 438 g/mol. The number of carbonyl (C=O) groups excluding carboxylic acids is 1. The highest BCUT2D eigenvalue weighted by Gasteiger charge is 2.37. The van der Waals surface area contributed by atoms with Crippen LogP contribution in [-0.4, -0.2) is 35.4 Å². The van der Waals surface area contributed by atoms with E-state index in [4.69, 9.17) is 10.5 Å². The average Bonchev–Trinajstić information content (AvgIpc) is 3.21. The first-order valence-corrected chi connectivity index (χ1v) is 12.3. The molecule has 1 aliphatic carbocycles. The first kappa shape index (κ1) is 23.3. The summed E-state index contributed by atoms with van der Waals surface area (Å²) in [7, 11) is 0. The summed E-state index contributed by atoms with van der Waals surface area (Å²) in [4.78, 5) is 26.4. The van der Waals surface area contributed by atoms with Crippen molar-refractivity contribution in [2.75, 3.05) is 13.2 Å². The molecule has 4 rings (SSSR count). The summed E-state index contributed by atoms with van der Waals surface area (Å²) >= 11 is 1.06. The molecule has 1 saturated carbocycles. The van der Waals surface area contributed by atoms with Crippen molar-refractivity contribution in [2.45, 2.75) is 56.4 Å². The van der Waals surface area contributed by atoms with Gasteiger partial charge in [0, 0.05) is 11.5 Å². The number of rotatable bonds is 9. The van der Waals surface area contributed by atoms with Gasteiger partial charge in [-0.25, -0.2) is 4.79 Å². The van der Waals surface area contributed by atoms with Gasteiger partial charge in [-0.3, -0.25) is 4.79 Å². The van der Waals surface area contributed by atoms with Gasteiger partial charge in [-0.05, 0) is 49.4 Å². The number of aromatic nitrogens is 1. The van der Waals surface area contributed by atoms with Crippen LogP contribution in [0.25, 0.3) is 10.2 Å². The largest absolute Gasteiger partial charge is 0.506 e. The number of nitrogens with two attached hydrogens (primary N) is 1. The fraction of sp³-hybridized carbons (Fsp3) is 0.440. The molecule has 1 atom stereocenters. The van der Waals surface area contributed by atoms with E-state index in [1.54, 1.807) is 6.07 Å². The lowest BCUT2D eigenvalue weighted by Gasteiger charge is -2.35. The van der Waals surface area contributed by atoms with E-state index in [1.807, 2.05) is 36.4 Å². The van der Waals surface area contributed by atoms with Gasteiger partial charge in [0.15, 0.2) is 0 Å². The van der Waals surface area contributed by atoms with Gasteiger partial charge in [0.2, 0.25) is 0 Å². The molecule has 176 valence electrons. The number of aromatic amines is 1. The highest BCUT2D eigenvalue weighted by molar-refractivity contribution is 7.16. The number of ether oxygens (including phenoxy) is 1. The van der Waals surface area contributed by atoms with Gasteiger partial charge >= 0.3 is 11.0 Å². The third-order valence-electron chi connectivity index (χ3n) is 6.65. The molecule has 33 heavy (non-hydrogen) atoms. The molecule has 0 radical (unpaired) electrons. The quantitative estimate of drug-likeness (QED) is 0.375. The lowest BCUT2D eigenvalue weighted by atomic mass is 9.73. The zero-order chi connectivity index (χ0) is 23.3. The maximum Gasteiger partial charge on any atom is 0.404 e. The standard InChI is InChI=1S/C25H31N3O4S/c26-23(30)32-16-25(15-17-7-3-1-4-8-17,13-14-27-18-9-5-2-6-10-18)19-11-12-20(29)21-22(19)33-24(31)28-21/h1,3-4,7-8,11-12,18,27,29H,2,5-6,9-10,13-16H2,(H2,26,30)(H,28,31). The zero-order valence-electron chi connectivity index (χ0n) is 18.6. The van der Waals surface area contributed by atoms with Crippen molar-refractivity contribution in [3.63, 3.8) is 0 Å². The Morgan fingerprint density at radius 1 is 1.18 bits per heavy atom. The Kier molecular flexibility index (Phi) is 7.35. The van der Waals surface area contributed by atoms with Crippen LogP contribution in [-0.2, 0) is 16.6 Å². The number of hydrogen-bond acceptors (Lipinski definition) is 6. The Balaban J connectivity index is 1.74. The maximum absolute atomic E-state index is 12.2. The minimum atomic E-state index is -0.829. The van der Waals surface area contributed by atoms with E-state index in [2.05, 4.69) is 10.3 Å². The van der Waals surface area contributed by atoms with E-state index in [-0.39, 0.29) is 17.2 Å². The highest BCUT2D eigenvalue weighted by atomic mass is 32.1. The Bertz CT molecular complexity index is 1140. The van der Waals surface area contributed by atoms with Crippen molar-refractivity contribution in [3.8, 4) is 5.75 Å². The van der Waals surface area contributed by atoms with Crippen LogP contribution in [0.2, 0.25) is 0 Å². The van der Waals surface area contributed by atoms with Crippen LogP contribution in [0.5, 0.6) is 5.75 Å². The number of benzene rings is 2. The molecule has 1 fully saturated rings. The molecular formula is C25H31N3O4S. The maximum atomic E-state index is 12.2. The van der Waals surface area contributed by atoms with Crippen molar-refractivity contribution in [1.29, 1.82) is 0 Å². The van der Waals surface area contributed by atoms with Crippen LogP contribution in [0.15, 0.2) is 47.3 Å². The number of hydrogen-bond donors (Lipinski definition) is 4. The van der Waals surface area contributed by atoms with E-state index >= 15 is 0 Å². The van der Waals surface area contributed by atoms with Crippen LogP contribution in [0.3, 0.4) is 0 Å². The molecule has 0 spiro atoms. The Labute approximate surface area is 197 Å². The van der Waals surface area contributed by atoms with Crippen LogP contribution < -0.4 is 15.9 Å². The number of phenolic OH excluding ortho intramolecular Hbond substituents is 1. The summed E-state index contributed by atoms with van der Waals surface area (Å²) < 4.78 is 6.11. The molecule has 5 N–H and O–H groups in total. The van der Waals surface area contributed by atoms with Crippen LogP contribution in [0.1, 0.15) is 49.7 Å². The van der Waals surface area contributed by atoms with Crippen LogP contribution in [0.4, 0.5) is 4.79 Å². The molecule has 1 heterocycles. The normalized spacial score (nSPS) is 16.5. The van der Waals surface area contributed by atoms with Gasteiger partial charge in [-0.1, -0.05) is 67.0 Å². The Hall–Kier alpha value is -2.84. The van der Waals surface area contributed by atoms with Crippen molar-refractivity contribution in [2.24, 2.45) is 5.73 Å². The number of nitrogens with one attached hydrogen (secondary N) is 2. The number of amides is 1. The average molecular weight is 470 g/mol. The Morgan fingerprint density at radius 3 is 2.67 bits per heavy atom. The molecule has 1 unspecified atom stereocenters. The molecule has 7 nitrogen and oxygen atoms in total. The Morgan fingerprint density at radius 2 is 1.94 bits per heavy atom. The summed E-state index contributed by atoms with van der Waals surface area (Å²) in [6.07, 6.45) is 6.57. The molecule has 3 aromatic rings. The minimum absolute atomic E-state index is 0.0249. The molecule has 0 aliphatic heterocycles. The van der Waals surface area contributed by atoms with E-state index in [0.717, 1.165) is 29.0 Å². The number of H-pyrrole nitrogens is 1. The molecule has 1 amide bonds. The molecule has 1 aliphatic rings. The minimum Gasteiger partial charge on any atom is -0.506 e. The SMILES string of the molecule is NC(=O)OCC(CCNC1CCCCC1)(Cc1ccccc1)c1ccc(O)c2[nH]c(=O)sc12. The zero-order valence-corrected chi connectivity index (χ0v) is 19.5. The highest BCUT2D eigenvalue weighted by Crippen LogP contribution is 2.40. The van der Waals surface area contributed by atoms with E-state index < -0.39 is 11.5 Å². The van der Waals surface area contributed by atoms with Gasteiger partial charge in [0.05, 0.1) is 4.70 Å². The van der Waals surface area contributed by atoms with E-state index in [1.165, 1.54) is 32.1 Å². The molecule has 8 heteroatoms. The summed E-state index contributed by atoms with van der Waals surface area (Å²) in [5.41, 5.74) is 7.13. The van der Waals surface area contributed by atoms with Gasteiger partial charge < -0.3 is 25.9 Å². The summed E-state index contributed by atoms with van der Waals surface area (Å²) in [5.74, 6) is 0.0249. The molecule has 0 saturated heterocycles. The van der Waals surface area contributed by atoms with Gasteiger partial charge in [0.1, 0.15) is 17.9 Å². The van der Waals surface area contributed by atoms with E-state index in [0.29, 0.717) is 29.1 Å². The topological polar surface area (TPSA) is 117 Å². The fourth-order valence-electron chi connectivity index (χ4n) is 4.97. The number of phenols is 1. The number of fused-ring (bicyclic) bond motifs is 1. The first-order valence-electron chi connectivity index (χ1n) is 11.5. The smallest absolute Gasteiger partial charge is 0.404 e. The van der Waals surface area contributed by atoms with Crippen molar-refractivity contribution < 1.29 is 14.6 Å². The number of carbonyl (C=O) groups is 1. The van der Waals surface area contributed by atoms with Gasteiger partial charge in [0.25, 0.3) is 0 Å². The lowest BCUT2D eigenvalue weighted by Crippen LogP contribution is -2.41. The fourth-order valence-corrected chi connectivity index (χ4v) is 5.97. The number of thiazole rings is 1. The third-order valence-corrected chi connectivity index (χ3v) is 7.56. The number of aromatic hydroxyl groups is 1. The monoisotopic (exact) mass is 469 g/mol. The van der Waals surface area contributed by atoms with Crippen molar-refractivity contribution >= 4 is 27.6 Å².